The number of allylic oxidation sites excluding steroid dienone is 1. The maximum atomic E-state index is 16.1. The number of rotatable bonds is 21. The minimum Gasteiger partial charge on any atom is -0.497 e. The van der Waals surface area contributed by atoms with Gasteiger partial charge in [-0.25, -0.2) is 4.79 Å². The second kappa shape index (κ2) is 33.3. The molecule has 36 nitrogen and oxygen atoms in total. The summed E-state index contributed by atoms with van der Waals surface area (Å²) in [6.07, 6.45) is -48.8. The van der Waals surface area contributed by atoms with Gasteiger partial charge in [-0.15, -0.1) is 0 Å². The van der Waals surface area contributed by atoms with Crippen LogP contribution in [0.3, 0.4) is 0 Å². The standard InChI is InChI=1S/C75H112O36/c1-30-57(107-62-56(94)59(108-65-52(90)48(86)45(83)38(26-77)103-65)40(28-99-62)105-64-51(89)47(85)44(82)37(25-76)102-64)50(88)54(92)63(100-30)109-60-55(93)58(106-43(81)16-11-32-9-12-33(98-8)13-10-32)31(2)101-67(60)111-69(97)74-20-19-70(3,4)23-35(74)34-14-15-41-71(5)24-36(80)61(110-66-53(91)49(87)46(84)39(27-78)104-66)73(7,68(95)96)42(71)17-18-72(41,6)75(34,29-79)22-21-74/h9-14,16,30-31,35-42,44-67,76-80,82-94H,15,17-29H2,1-8H3,(H,95,96). The van der Waals surface area contributed by atoms with E-state index in [1.807, 2.05) is 13.0 Å². The summed E-state index contributed by atoms with van der Waals surface area (Å²) in [5, 5.41) is 211. The fourth-order valence-electron chi connectivity index (χ4n) is 20.5. The normalized spacial score (nSPS) is 49.9. The first-order valence-corrected chi connectivity index (χ1v) is 38.1. The number of carboxylic acids is 1. The summed E-state index contributed by atoms with van der Waals surface area (Å²) in [6.45, 7) is 8.80. The third kappa shape index (κ3) is 15.3. The molecule has 11 aliphatic rings. The van der Waals surface area contributed by atoms with Gasteiger partial charge < -0.3 is 163 Å². The molecule has 10 fully saturated rings. The van der Waals surface area contributed by atoms with Crippen molar-refractivity contribution in [2.75, 3.05) is 40.1 Å². The second-order valence-corrected chi connectivity index (χ2v) is 33.8. The van der Waals surface area contributed by atoms with Gasteiger partial charge >= 0.3 is 17.9 Å². The molecule has 4 saturated carbocycles. The number of esters is 2. The number of methoxy groups -OCH3 is 1. The van der Waals surface area contributed by atoms with Crippen molar-refractivity contribution < 1.29 is 178 Å². The van der Waals surface area contributed by atoms with Crippen molar-refractivity contribution in [1.29, 1.82) is 0 Å². The molecule has 5 aliphatic carbocycles. The molecule has 1 aromatic carbocycles. The molecular formula is C75H112O36. The Bertz CT molecular complexity index is 3440. The number of fused-ring (bicyclic) bond motifs is 7. The molecule has 6 saturated heterocycles. The molecule has 0 amide bonds. The first-order chi connectivity index (χ1) is 52.3. The zero-order valence-electron chi connectivity index (χ0n) is 63.0. The summed E-state index contributed by atoms with van der Waals surface area (Å²) >= 11 is 0. The Hall–Kier alpha value is -4.25. The van der Waals surface area contributed by atoms with Gasteiger partial charge in [-0.1, -0.05) is 51.5 Å². The Labute approximate surface area is 639 Å². The molecule has 0 aromatic heterocycles. The fraction of sp³-hybridized carbons (Fsp3) is 0.827. The van der Waals surface area contributed by atoms with Crippen LogP contribution in [0.4, 0.5) is 0 Å². The van der Waals surface area contributed by atoms with Crippen LogP contribution in [-0.2, 0) is 76.0 Å². The first-order valence-electron chi connectivity index (χ1n) is 38.1. The number of aliphatic carboxylic acids is 1. The molecule has 0 bridgehead atoms. The van der Waals surface area contributed by atoms with Crippen LogP contribution in [0.15, 0.2) is 42.0 Å². The second-order valence-electron chi connectivity index (χ2n) is 33.8. The number of aliphatic hydroxyl groups excluding tert-OH is 18. The average molecular weight is 1590 g/mol. The van der Waals surface area contributed by atoms with Crippen LogP contribution in [0.2, 0.25) is 0 Å². The minimum absolute atomic E-state index is 0.0157. The molecule has 39 atom stereocenters. The summed E-state index contributed by atoms with van der Waals surface area (Å²) in [4.78, 5) is 43.8. The summed E-state index contributed by atoms with van der Waals surface area (Å²) in [6, 6.07) is 6.68. The van der Waals surface area contributed by atoms with Crippen molar-refractivity contribution in [1.82, 2.24) is 0 Å². The highest BCUT2D eigenvalue weighted by Gasteiger charge is 2.74. The third-order valence-electron chi connectivity index (χ3n) is 27.0. The molecule has 628 valence electrons. The summed E-state index contributed by atoms with van der Waals surface area (Å²) in [7, 11) is 1.49. The van der Waals surface area contributed by atoms with E-state index in [-0.39, 0.29) is 32.1 Å². The monoisotopic (exact) mass is 1590 g/mol. The lowest BCUT2D eigenvalue weighted by Crippen LogP contribution is -2.71. The van der Waals surface area contributed by atoms with Crippen molar-refractivity contribution in [3.63, 3.8) is 0 Å². The van der Waals surface area contributed by atoms with E-state index in [1.165, 1.54) is 34.0 Å². The van der Waals surface area contributed by atoms with E-state index in [0.717, 1.165) is 11.6 Å². The smallest absolute Gasteiger partial charge is 0.331 e. The van der Waals surface area contributed by atoms with E-state index in [1.54, 1.807) is 24.3 Å². The van der Waals surface area contributed by atoms with Crippen LogP contribution in [-0.4, -0.2) is 345 Å². The van der Waals surface area contributed by atoms with Crippen molar-refractivity contribution in [2.24, 2.45) is 50.2 Å². The highest BCUT2D eigenvalue weighted by Crippen LogP contribution is 2.76. The van der Waals surface area contributed by atoms with E-state index < -0.39 is 292 Å². The highest BCUT2D eigenvalue weighted by molar-refractivity contribution is 5.87. The molecule has 12 rings (SSSR count). The van der Waals surface area contributed by atoms with Gasteiger partial charge in [-0.05, 0) is 136 Å². The minimum atomic E-state index is -2.18. The fourth-order valence-corrected chi connectivity index (χ4v) is 20.5. The van der Waals surface area contributed by atoms with Gasteiger partial charge in [0.25, 0.3) is 0 Å². The van der Waals surface area contributed by atoms with E-state index in [4.69, 9.17) is 66.3 Å². The predicted molar refractivity (Wildman–Crippen MR) is 370 cm³/mol. The lowest BCUT2D eigenvalue weighted by molar-refractivity contribution is -0.391. The Morgan fingerprint density at radius 2 is 1.05 bits per heavy atom. The van der Waals surface area contributed by atoms with E-state index in [2.05, 4.69) is 20.8 Å². The topological polar surface area (TPSA) is 565 Å². The quantitative estimate of drug-likeness (QED) is 0.0239. The maximum absolute atomic E-state index is 16.1. The zero-order valence-corrected chi connectivity index (χ0v) is 63.0. The molecule has 0 radical (unpaired) electrons. The Kier molecular flexibility index (Phi) is 25.8. The number of aliphatic hydroxyl groups is 18. The number of hydrogen-bond acceptors (Lipinski definition) is 35. The molecule has 111 heavy (non-hydrogen) atoms. The van der Waals surface area contributed by atoms with Crippen LogP contribution in [0.25, 0.3) is 6.08 Å². The number of carboxylic acid groups (broad SMARTS) is 1. The van der Waals surface area contributed by atoms with Gasteiger partial charge in [-0.3, -0.25) is 9.59 Å². The van der Waals surface area contributed by atoms with E-state index in [0.29, 0.717) is 37.0 Å². The van der Waals surface area contributed by atoms with Crippen LogP contribution in [0.1, 0.15) is 112 Å². The predicted octanol–water partition coefficient (Wildman–Crippen LogP) is -4.41. The first kappa shape index (κ1) is 86.1. The zero-order chi connectivity index (χ0) is 80.8. The number of hydrogen-bond donors (Lipinski definition) is 19. The summed E-state index contributed by atoms with van der Waals surface area (Å²) < 4.78 is 83.8. The largest absolute Gasteiger partial charge is 0.497 e. The van der Waals surface area contributed by atoms with Gasteiger partial charge in [0.2, 0.25) is 6.29 Å². The molecule has 0 spiro atoms. The molecule has 6 aliphatic heterocycles. The molecule has 39 unspecified atom stereocenters. The maximum Gasteiger partial charge on any atom is 0.331 e. The summed E-state index contributed by atoms with van der Waals surface area (Å²) in [5.41, 5.74) is -5.16. The van der Waals surface area contributed by atoms with Gasteiger partial charge in [0.05, 0.1) is 69.3 Å². The molecular weight excluding hydrogens is 1480 g/mol. The lowest BCUT2D eigenvalue weighted by Gasteiger charge is -2.71. The van der Waals surface area contributed by atoms with Crippen molar-refractivity contribution in [3.05, 3.63) is 47.6 Å². The Morgan fingerprint density at radius 3 is 1.61 bits per heavy atom. The number of benzene rings is 1. The molecule has 6 heterocycles. The van der Waals surface area contributed by atoms with E-state index in [9.17, 15) is 107 Å². The molecule has 36 heteroatoms. The van der Waals surface area contributed by atoms with Crippen molar-refractivity contribution >= 4 is 24.0 Å². The van der Waals surface area contributed by atoms with Crippen LogP contribution in [0, 0.1) is 50.2 Å². The Balaban J connectivity index is 0.808. The van der Waals surface area contributed by atoms with Gasteiger partial charge in [-0.2, -0.15) is 0 Å². The highest BCUT2D eigenvalue weighted by atomic mass is 16.8. The summed E-state index contributed by atoms with van der Waals surface area (Å²) in [5.74, 6) is -4.28. The molecule has 1 aromatic rings. The van der Waals surface area contributed by atoms with E-state index >= 15 is 4.79 Å². The number of carbonyl (C=O) groups excluding carboxylic acids is 2. The average Bonchev–Trinajstić information content (AvgIpc) is 0.668. The molecule has 19 N–H and O–H groups in total. The lowest BCUT2D eigenvalue weighted by atomic mass is 9.33. The Morgan fingerprint density at radius 1 is 0.523 bits per heavy atom. The van der Waals surface area contributed by atoms with Gasteiger partial charge in [0.1, 0.15) is 128 Å². The van der Waals surface area contributed by atoms with Crippen molar-refractivity contribution in [2.45, 2.75) is 297 Å². The number of ether oxygens (including phenoxy) is 14. The third-order valence-corrected chi connectivity index (χ3v) is 27.0. The van der Waals surface area contributed by atoms with Crippen LogP contribution < -0.4 is 4.74 Å². The van der Waals surface area contributed by atoms with Gasteiger partial charge in [0.15, 0.2) is 43.7 Å². The van der Waals surface area contributed by atoms with Crippen molar-refractivity contribution in [3.8, 4) is 5.75 Å². The number of carbonyl (C=O) groups is 3. The SMILES string of the molecule is COc1ccc(C=CC(=O)OC2C(C)OC(OC(=O)C34CCC(C)(C)CC3C3=CCC5C6(C)CC(O)C(OC7OC(CO)C(O)C(O)C7O)C(C)(C(=O)O)C6CCC5(C)C3(CO)CC4)C(OC3OC(C)C(OC4OCC(OC5OC(CO)C(O)C(O)C5O)C(OC5OC(CO)C(O)C(O)C5O)C4O)C(O)C3O)C2O)cc1. The van der Waals surface area contributed by atoms with Gasteiger partial charge in [0, 0.05) is 11.5 Å². The van der Waals surface area contributed by atoms with Crippen LogP contribution in [0.5, 0.6) is 5.75 Å². The van der Waals surface area contributed by atoms with Crippen LogP contribution >= 0.6 is 0 Å².